The Morgan fingerprint density at radius 3 is 1.41 bits per heavy atom. The topological polar surface area (TPSA) is 0 Å². The number of rotatable bonds is 11. The summed E-state index contributed by atoms with van der Waals surface area (Å²) in [7, 11) is 0. The van der Waals surface area contributed by atoms with Gasteiger partial charge in [-0.2, -0.15) is 0 Å². The molecule has 0 unspecified atom stereocenters. The lowest BCUT2D eigenvalue weighted by atomic mass is 9.89. The maximum atomic E-state index is 3.56. The molecule has 0 heterocycles. The molecular formula is C16H33Br. The molecule has 0 N–H and O–H groups in total. The molecule has 0 radical (unpaired) electrons. The Bertz CT molecular complexity index is 138. The van der Waals surface area contributed by atoms with Crippen molar-refractivity contribution in [1.82, 2.24) is 0 Å². The van der Waals surface area contributed by atoms with Gasteiger partial charge in [-0.15, -0.1) is 0 Å². The van der Waals surface area contributed by atoms with E-state index in [1.807, 2.05) is 0 Å². The zero-order chi connectivity index (χ0) is 13.1. The third-order valence-corrected chi connectivity index (χ3v) is 4.09. The Balaban J connectivity index is 3.71. The van der Waals surface area contributed by atoms with E-state index in [1.165, 1.54) is 56.7 Å². The van der Waals surface area contributed by atoms with Crippen LogP contribution >= 0.6 is 15.9 Å². The van der Waals surface area contributed by atoms with Crippen LogP contribution in [0, 0.1) is 17.8 Å². The lowest BCUT2D eigenvalue weighted by molar-refractivity contribution is 0.363. The first-order valence-electron chi connectivity index (χ1n) is 7.62. The summed E-state index contributed by atoms with van der Waals surface area (Å²) in [5, 5.41) is 1.18. The molecule has 0 aliphatic rings. The first-order valence-corrected chi connectivity index (χ1v) is 8.74. The minimum Gasteiger partial charge on any atom is -0.0928 e. The Hall–Kier alpha value is 0.480. The highest BCUT2D eigenvalue weighted by molar-refractivity contribution is 9.09. The fraction of sp³-hybridized carbons (Fsp3) is 1.00. The third kappa shape index (κ3) is 12.7. The SMILES string of the molecule is CC(C)CCCC(CCCBr)CCCC(C)C. The van der Waals surface area contributed by atoms with Gasteiger partial charge in [0.15, 0.2) is 0 Å². The zero-order valence-corrected chi connectivity index (χ0v) is 14.1. The molecule has 0 amide bonds. The molecule has 0 saturated carbocycles. The number of hydrogen-bond acceptors (Lipinski definition) is 0. The molecule has 0 aromatic rings. The van der Waals surface area contributed by atoms with Crippen molar-refractivity contribution in [3.05, 3.63) is 0 Å². The maximum absolute atomic E-state index is 3.56. The van der Waals surface area contributed by atoms with Gasteiger partial charge in [-0.25, -0.2) is 0 Å². The highest BCUT2D eigenvalue weighted by Gasteiger charge is 2.09. The van der Waals surface area contributed by atoms with Crippen molar-refractivity contribution in [1.29, 1.82) is 0 Å². The van der Waals surface area contributed by atoms with E-state index >= 15 is 0 Å². The summed E-state index contributed by atoms with van der Waals surface area (Å²) >= 11 is 3.56. The minimum absolute atomic E-state index is 0.877. The molecule has 0 saturated heterocycles. The van der Waals surface area contributed by atoms with Gasteiger partial charge in [0.25, 0.3) is 0 Å². The standard InChI is InChI=1S/C16H33Br/c1-14(2)8-5-10-16(12-7-13-17)11-6-9-15(3)4/h14-16H,5-13H2,1-4H3. The van der Waals surface area contributed by atoms with Crippen LogP contribution in [-0.4, -0.2) is 5.33 Å². The van der Waals surface area contributed by atoms with Gasteiger partial charge >= 0.3 is 0 Å². The molecule has 1 heteroatoms. The Labute approximate surface area is 118 Å². The molecule has 0 aliphatic heterocycles. The van der Waals surface area contributed by atoms with Crippen LogP contribution in [0.1, 0.15) is 79.1 Å². The lowest BCUT2D eigenvalue weighted by Crippen LogP contribution is -2.03. The van der Waals surface area contributed by atoms with E-state index in [0.29, 0.717) is 0 Å². The Morgan fingerprint density at radius 1 is 0.647 bits per heavy atom. The van der Waals surface area contributed by atoms with Crippen LogP contribution in [0.5, 0.6) is 0 Å². The summed E-state index contributed by atoms with van der Waals surface area (Å²) in [6.07, 6.45) is 11.4. The van der Waals surface area contributed by atoms with Crippen molar-refractivity contribution in [2.75, 3.05) is 5.33 Å². The van der Waals surface area contributed by atoms with Crippen molar-refractivity contribution in [2.45, 2.75) is 79.1 Å². The van der Waals surface area contributed by atoms with E-state index in [-0.39, 0.29) is 0 Å². The predicted octanol–water partition coefficient (Wildman–Crippen LogP) is 6.43. The molecule has 0 fully saturated rings. The highest BCUT2D eigenvalue weighted by Crippen LogP contribution is 2.24. The van der Waals surface area contributed by atoms with Gasteiger partial charge in [-0.3, -0.25) is 0 Å². The molecule has 0 aromatic carbocycles. The maximum Gasteiger partial charge on any atom is 0.00314 e. The van der Waals surface area contributed by atoms with Crippen molar-refractivity contribution in [3.8, 4) is 0 Å². The number of halogens is 1. The van der Waals surface area contributed by atoms with Gasteiger partial charge in [0, 0.05) is 5.33 Å². The largest absolute Gasteiger partial charge is 0.0928 e. The van der Waals surface area contributed by atoms with Gasteiger partial charge in [-0.1, -0.05) is 82.1 Å². The predicted molar refractivity (Wildman–Crippen MR) is 83.9 cm³/mol. The van der Waals surface area contributed by atoms with E-state index in [9.17, 15) is 0 Å². The van der Waals surface area contributed by atoms with Gasteiger partial charge in [-0.05, 0) is 30.6 Å². The van der Waals surface area contributed by atoms with Crippen LogP contribution in [0.3, 0.4) is 0 Å². The summed E-state index contributed by atoms with van der Waals surface area (Å²) in [5.74, 6) is 2.75. The van der Waals surface area contributed by atoms with Crippen LogP contribution < -0.4 is 0 Å². The summed E-state index contributed by atoms with van der Waals surface area (Å²) in [4.78, 5) is 0. The number of hydrogen-bond donors (Lipinski definition) is 0. The van der Waals surface area contributed by atoms with Crippen molar-refractivity contribution >= 4 is 15.9 Å². The molecule has 104 valence electrons. The Kier molecular flexibility index (Phi) is 11.9. The lowest BCUT2D eigenvalue weighted by Gasteiger charge is -2.17. The van der Waals surface area contributed by atoms with E-state index < -0.39 is 0 Å². The molecule has 0 spiro atoms. The molecule has 0 aromatic heterocycles. The first-order chi connectivity index (χ1) is 8.06. The summed E-state index contributed by atoms with van der Waals surface area (Å²) in [5.41, 5.74) is 0. The van der Waals surface area contributed by atoms with Crippen molar-refractivity contribution < 1.29 is 0 Å². The molecule has 0 bridgehead atoms. The van der Waals surface area contributed by atoms with Gasteiger partial charge in [0.2, 0.25) is 0 Å². The quantitative estimate of drug-likeness (QED) is 0.386. The number of alkyl halides is 1. The molecular weight excluding hydrogens is 272 g/mol. The summed E-state index contributed by atoms with van der Waals surface area (Å²) < 4.78 is 0. The van der Waals surface area contributed by atoms with Crippen LogP contribution in [0.4, 0.5) is 0 Å². The third-order valence-electron chi connectivity index (χ3n) is 3.53. The van der Waals surface area contributed by atoms with E-state index in [4.69, 9.17) is 0 Å². The summed E-state index contributed by atoms with van der Waals surface area (Å²) in [6, 6.07) is 0. The first kappa shape index (κ1) is 17.5. The van der Waals surface area contributed by atoms with E-state index in [1.54, 1.807) is 0 Å². The monoisotopic (exact) mass is 304 g/mol. The van der Waals surface area contributed by atoms with Crippen LogP contribution in [0.25, 0.3) is 0 Å². The molecule has 0 nitrogen and oxygen atoms in total. The Morgan fingerprint density at radius 2 is 1.06 bits per heavy atom. The van der Waals surface area contributed by atoms with Crippen molar-refractivity contribution in [2.24, 2.45) is 17.8 Å². The average Bonchev–Trinajstić information content (AvgIpc) is 2.24. The minimum atomic E-state index is 0.877. The van der Waals surface area contributed by atoms with Gasteiger partial charge in [0.1, 0.15) is 0 Å². The van der Waals surface area contributed by atoms with Crippen molar-refractivity contribution in [3.63, 3.8) is 0 Å². The second-order valence-electron chi connectivity index (χ2n) is 6.35. The molecule has 17 heavy (non-hydrogen) atoms. The molecule has 0 atom stereocenters. The molecule has 0 rings (SSSR count). The normalized spacial score (nSPS) is 12.0. The highest BCUT2D eigenvalue weighted by atomic mass is 79.9. The molecule has 0 aliphatic carbocycles. The fourth-order valence-electron chi connectivity index (χ4n) is 2.43. The second-order valence-corrected chi connectivity index (χ2v) is 7.14. The van der Waals surface area contributed by atoms with E-state index in [0.717, 1.165) is 17.8 Å². The van der Waals surface area contributed by atoms with Crippen LogP contribution in [0.15, 0.2) is 0 Å². The van der Waals surface area contributed by atoms with Gasteiger partial charge in [0.05, 0.1) is 0 Å². The van der Waals surface area contributed by atoms with Crippen LogP contribution in [0.2, 0.25) is 0 Å². The van der Waals surface area contributed by atoms with Gasteiger partial charge < -0.3 is 0 Å². The van der Waals surface area contributed by atoms with Crippen LogP contribution in [-0.2, 0) is 0 Å². The smallest absolute Gasteiger partial charge is 0.00314 e. The summed E-state index contributed by atoms with van der Waals surface area (Å²) in [6.45, 7) is 9.36. The zero-order valence-electron chi connectivity index (χ0n) is 12.5. The average molecular weight is 305 g/mol. The second kappa shape index (κ2) is 11.6. The van der Waals surface area contributed by atoms with E-state index in [2.05, 4.69) is 43.6 Å². The fourth-order valence-corrected chi connectivity index (χ4v) is 2.75.